The molecule has 33 nitrogen and oxygen atoms in total. The Balaban J connectivity index is 0.646. The number of H-pyrrole nitrogens is 2. The first kappa shape index (κ1) is 84.6. The Morgan fingerprint density at radius 2 is 1.16 bits per heavy atom. The quantitative estimate of drug-likeness (QED) is 0.0111. The lowest BCUT2D eigenvalue weighted by atomic mass is 9.72. The van der Waals surface area contributed by atoms with Crippen molar-refractivity contribution < 1.29 is 99.9 Å². The fourth-order valence-electron chi connectivity index (χ4n) is 15.2. The Bertz CT molecular complexity index is 4230. The Hall–Kier alpha value is -7.86. The number of nitrogens with zero attached hydrogens (tertiary/aromatic N) is 4. The topological polar surface area (TPSA) is 425 Å². The van der Waals surface area contributed by atoms with Crippen LogP contribution in [0.4, 0.5) is 31.4 Å². The minimum atomic E-state index is -5.00. The van der Waals surface area contributed by atoms with Crippen molar-refractivity contribution in [3.8, 4) is 11.5 Å². The molecular formula is C73H98BrCl2N12O21P. The fourth-order valence-corrected chi connectivity index (χ4v) is 16.3. The lowest BCUT2D eigenvalue weighted by molar-refractivity contribution is -0.134. The molecule has 3 aliphatic carbocycles. The number of hydrogen-bond acceptors (Lipinski definition) is 19. The molecule has 110 heavy (non-hydrogen) atoms. The summed E-state index contributed by atoms with van der Waals surface area (Å²) in [5, 5.41) is 15.2. The summed E-state index contributed by atoms with van der Waals surface area (Å²) in [6.45, 7) is 12.2. The lowest BCUT2D eigenvalue weighted by Gasteiger charge is -2.37. The van der Waals surface area contributed by atoms with Gasteiger partial charge in [0.25, 0.3) is 0 Å². The van der Waals surface area contributed by atoms with Crippen LogP contribution in [-0.2, 0) is 73.1 Å². The maximum absolute atomic E-state index is 15.2. The number of alkyl halides is 3. The highest BCUT2D eigenvalue weighted by Crippen LogP contribution is 3.01. The number of aromatic nitrogens is 2. The SMILES string of the molecule is Cc1c[nH]c2c(OC(=O)N(C)CCN(C)C(=O)OCc3ccc(NC(=O)[C@H](CCCNC(N)=O)NC(=O)[C@@H](NC(=O)CCOCCOCCOCCOCCOCCOCCNC(=O)CBr)C(C)C)cc3)cc3c(c12)[C@H](CCl)CN3C(=O)C12CC3(C(=O)N4C[C@@H](CCl)c5c4cc(OP(=O)(O)O)c4[nH]cc(C)c54)CC13C2. The van der Waals surface area contributed by atoms with Crippen molar-refractivity contribution in [2.75, 3.05) is 165 Å². The van der Waals surface area contributed by atoms with Crippen LogP contribution in [0.3, 0.4) is 0 Å². The number of benzene rings is 3. The third-order valence-corrected chi connectivity index (χ3v) is 22.5. The molecule has 2 aliphatic heterocycles. The van der Waals surface area contributed by atoms with Gasteiger partial charge in [-0.15, -0.1) is 23.2 Å². The Morgan fingerprint density at radius 3 is 1.65 bits per heavy atom. The van der Waals surface area contributed by atoms with Crippen molar-refractivity contribution in [3.05, 3.63) is 76.6 Å². The molecule has 4 heterocycles. The molecule has 3 fully saturated rings. The summed E-state index contributed by atoms with van der Waals surface area (Å²) in [5.74, 6) is -2.53. The van der Waals surface area contributed by atoms with E-state index in [4.69, 9.17) is 71.4 Å². The van der Waals surface area contributed by atoms with E-state index in [1.165, 1.54) is 30.0 Å². The molecule has 3 aromatic carbocycles. The zero-order chi connectivity index (χ0) is 79.2. The zero-order valence-electron chi connectivity index (χ0n) is 62.4. The highest BCUT2D eigenvalue weighted by atomic mass is 79.9. The fraction of sp³-hybridized carbons (Fsp3) is 0.575. The number of hydrogen-bond donors (Lipinski definition) is 10. The van der Waals surface area contributed by atoms with Crippen molar-refractivity contribution in [3.63, 3.8) is 0 Å². The number of amides is 10. The molecule has 2 aromatic heterocycles. The number of ether oxygens (including phenoxy) is 8. The smallest absolute Gasteiger partial charge is 0.445 e. The van der Waals surface area contributed by atoms with E-state index < -0.39 is 72.1 Å². The number of halogens is 3. The van der Waals surface area contributed by atoms with Gasteiger partial charge in [-0.25, -0.2) is 18.9 Å². The monoisotopic (exact) mass is 1660 g/mol. The standard InChI is InChI=1S/C73H98BrCl2N12O21P/c1-43(2)61(84-55(89)13-18-101-20-22-103-24-26-105-28-29-106-27-25-104-23-21-102-19-15-78-56(90)32-74)65(92)83-50(8-7-14-79-68(77)95)64(91)82-49-11-9-46(10-12-49)39-107-69(96)85(5)16-17-86(6)70(97)108-53-30-51-59(57-44(3)35-80-62(53)57)47(33-75)37-87(51)66(93)71-40-72(42-73(71,72)41-71)67(94)88-38-48(34-76)60-52(88)31-54(109-110(98,99)100)63-58(60)45(4)36-81-63/h9-12,30-31,35-36,43,47-48,50,61,80-81H,7-8,13-29,32-34,37-42H2,1-6H3,(H,78,90)(H,82,91)(H,83,92)(H,84,89)(H3,77,79,95)(H2,98,99,100)/t47-,48-,50+,61+,71?,72?,73?/m1/s1. The van der Waals surface area contributed by atoms with Gasteiger partial charge in [0.2, 0.25) is 35.4 Å². The molecule has 0 bridgehead atoms. The van der Waals surface area contributed by atoms with E-state index in [1.807, 2.05) is 13.8 Å². The maximum atomic E-state index is 15.2. The van der Waals surface area contributed by atoms with Crippen LogP contribution in [0.15, 0.2) is 48.8 Å². The second-order valence-electron chi connectivity index (χ2n) is 28.6. The van der Waals surface area contributed by atoms with Crippen molar-refractivity contribution >= 4 is 139 Å². The molecular weight excluding hydrogens is 1560 g/mol. The van der Waals surface area contributed by atoms with Crippen LogP contribution in [0.5, 0.6) is 11.5 Å². The number of nitrogens with one attached hydrogen (secondary N) is 7. The number of carbonyl (C=O) groups is 9. The number of anilines is 3. The molecule has 11 N–H and O–H groups in total. The normalized spacial score (nSPS) is 19.7. The molecule has 602 valence electrons. The number of rotatable bonds is 44. The average molecular weight is 1660 g/mol. The number of phosphoric acid groups is 1. The number of likely N-dealkylation sites (N-methyl/N-ethyl adjacent to an activating group) is 2. The van der Waals surface area contributed by atoms with Crippen LogP contribution < -0.4 is 51.4 Å². The van der Waals surface area contributed by atoms with Gasteiger partial charge in [0.05, 0.1) is 118 Å². The van der Waals surface area contributed by atoms with Crippen LogP contribution in [-0.4, -0.2) is 245 Å². The third kappa shape index (κ3) is 19.6. The van der Waals surface area contributed by atoms with Gasteiger partial charge in [-0.2, -0.15) is 0 Å². The minimum Gasteiger partial charge on any atom is -0.445 e. The van der Waals surface area contributed by atoms with E-state index in [0.717, 1.165) is 27.6 Å². The van der Waals surface area contributed by atoms with Crippen molar-refractivity contribution in [1.82, 2.24) is 41.0 Å². The molecule has 0 saturated heterocycles. The molecule has 3 saturated carbocycles. The molecule has 10 amide bonds. The first-order chi connectivity index (χ1) is 52.6. The second kappa shape index (κ2) is 37.6. The number of urea groups is 1. The van der Waals surface area contributed by atoms with Gasteiger partial charge in [-0.1, -0.05) is 41.9 Å². The first-order valence-corrected chi connectivity index (χ1v) is 40.3. The summed E-state index contributed by atoms with van der Waals surface area (Å²) in [5.41, 5.74) is 9.15. The molecule has 0 radical (unpaired) electrons. The Morgan fingerprint density at radius 1 is 0.664 bits per heavy atom. The van der Waals surface area contributed by atoms with Crippen LogP contribution >= 0.6 is 47.0 Å². The van der Waals surface area contributed by atoms with Crippen LogP contribution in [0.2, 0.25) is 0 Å². The molecule has 37 heteroatoms. The van der Waals surface area contributed by atoms with Crippen molar-refractivity contribution in [2.24, 2.45) is 27.9 Å². The first-order valence-electron chi connectivity index (χ1n) is 36.5. The highest BCUT2D eigenvalue weighted by molar-refractivity contribution is 9.09. The van der Waals surface area contributed by atoms with Crippen LogP contribution in [0.1, 0.15) is 92.0 Å². The molecule has 5 aliphatic rings. The Kier molecular flexibility index (Phi) is 28.9. The van der Waals surface area contributed by atoms with Gasteiger partial charge in [0, 0.05) is 130 Å². The number of aromatic amines is 2. The number of phosphoric ester groups is 1. The molecule has 1 spiro atoms. The van der Waals surface area contributed by atoms with Gasteiger partial charge in [0.1, 0.15) is 18.7 Å². The van der Waals surface area contributed by atoms with Gasteiger partial charge in [0.15, 0.2) is 11.5 Å². The number of primary amides is 1. The third-order valence-electron chi connectivity index (χ3n) is 20.8. The number of aryl methyl sites for hydroxylation is 2. The van der Waals surface area contributed by atoms with Crippen LogP contribution in [0, 0.1) is 36.0 Å². The molecule has 10 rings (SSSR count). The highest BCUT2D eigenvalue weighted by Gasteiger charge is 3.01. The zero-order valence-corrected chi connectivity index (χ0v) is 66.4. The number of fused-ring (bicyclic) bond motifs is 6. The largest absolute Gasteiger partial charge is 0.524 e. The summed E-state index contributed by atoms with van der Waals surface area (Å²) in [7, 11) is -1.97. The molecule has 7 atom stereocenters. The van der Waals surface area contributed by atoms with Gasteiger partial charge < -0.3 is 104 Å². The van der Waals surface area contributed by atoms with Gasteiger partial charge in [-0.3, -0.25) is 38.6 Å². The van der Waals surface area contributed by atoms with E-state index in [0.29, 0.717) is 124 Å². The average Bonchev–Trinajstić information content (AvgIpc) is 1.39. The summed E-state index contributed by atoms with van der Waals surface area (Å²) in [6.07, 6.45) is 3.66. The van der Waals surface area contributed by atoms with Gasteiger partial charge >= 0.3 is 26.0 Å². The predicted octanol–water partition coefficient (Wildman–Crippen LogP) is 6.66. The van der Waals surface area contributed by atoms with Crippen LogP contribution in [0.25, 0.3) is 21.8 Å². The van der Waals surface area contributed by atoms with Crippen molar-refractivity contribution in [2.45, 2.75) is 96.7 Å². The summed E-state index contributed by atoms with van der Waals surface area (Å²) in [4.78, 5) is 153. The van der Waals surface area contributed by atoms with E-state index in [1.54, 1.807) is 66.4 Å². The maximum Gasteiger partial charge on any atom is 0.524 e. The predicted molar refractivity (Wildman–Crippen MR) is 410 cm³/mol. The van der Waals surface area contributed by atoms with E-state index in [2.05, 4.69) is 52.5 Å². The van der Waals surface area contributed by atoms with E-state index in [9.17, 15) is 52.7 Å². The van der Waals surface area contributed by atoms with Crippen molar-refractivity contribution in [1.29, 1.82) is 0 Å². The summed E-state index contributed by atoms with van der Waals surface area (Å²) < 4.78 is 62.0. The molecule has 5 aromatic rings. The minimum absolute atomic E-state index is 0.0251. The van der Waals surface area contributed by atoms with Gasteiger partial charge in [-0.05, 0) is 91.8 Å². The summed E-state index contributed by atoms with van der Waals surface area (Å²) >= 11 is 16.3. The second-order valence-corrected chi connectivity index (χ2v) is 30.9. The molecule has 3 unspecified atom stereocenters. The number of carbonyl (C=O) groups excluding carboxylic acids is 9. The van der Waals surface area contributed by atoms with E-state index in [-0.39, 0.29) is 142 Å². The Labute approximate surface area is 654 Å². The van der Waals surface area contributed by atoms with E-state index >= 15 is 4.79 Å². The lowest BCUT2D eigenvalue weighted by Crippen LogP contribution is -2.54. The number of nitrogens with two attached hydrogens (primary N) is 1. The summed E-state index contributed by atoms with van der Waals surface area (Å²) in [6, 6.07) is 6.75.